The van der Waals surface area contributed by atoms with Gasteiger partial charge >= 0.3 is 45.4 Å². The molecule has 1 aliphatic heterocycles. The predicted octanol–water partition coefficient (Wildman–Crippen LogP) is 3.95. The summed E-state index contributed by atoms with van der Waals surface area (Å²) in [6.45, 7) is 11.9. The Balaban J connectivity index is 2.75. The highest BCUT2D eigenvalue weighted by Gasteiger charge is 2.61. The quantitative estimate of drug-likeness (QED) is 0.350. The van der Waals surface area contributed by atoms with Crippen LogP contribution in [-0.4, -0.2) is 63.5 Å². The molecular weight excluding hydrogens is 437 g/mol. The Morgan fingerprint density at radius 3 is 1.47 bits per heavy atom. The zero-order valence-corrected chi connectivity index (χ0v) is 22.9. The number of rotatable bonds is 14. The van der Waals surface area contributed by atoms with E-state index in [-0.39, 0.29) is 29.9 Å². The van der Waals surface area contributed by atoms with Crippen molar-refractivity contribution >= 4 is 57.4 Å². The molecule has 1 saturated heterocycles. The van der Waals surface area contributed by atoms with Gasteiger partial charge in [-0.1, -0.05) is 53.4 Å². The van der Waals surface area contributed by atoms with Crippen molar-refractivity contribution in [1.82, 2.24) is 0 Å². The van der Waals surface area contributed by atoms with Gasteiger partial charge in [0, 0.05) is 6.10 Å². The molecule has 30 heavy (non-hydrogen) atoms. The van der Waals surface area contributed by atoms with Crippen LogP contribution in [0.2, 0.25) is 0 Å². The van der Waals surface area contributed by atoms with E-state index in [1.807, 2.05) is 27.7 Å². The van der Waals surface area contributed by atoms with Crippen LogP contribution >= 0.6 is 0 Å². The summed E-state index contributed by atoms with van der Waals surface area (Å²) in [6.07, 6.45) is 6.80. The Morgan fingerprint density at radius 1 is 0.733 bits per heavy atom. The second-order valence-electron chi connectivity index (χ2n) is 7.83. The molecule has 1 fully saturated rings. The first-order chi connectivity index (χ1) is 14.3. The molecule has 1 heterocycles. The molecule has 0 spiro atoms. The molecule has 1 rings (SSSR count). The van der Waals surface area contributed by atoms with E-state index < -0.39 is 45.4 Å². The molecule has 0 aromatic carbocycles. The number of carbonyl (C=O) groups excluding carboxylic acids is 2. The summed E-state index contributed by atoms with van der Waals surface area (Å²) in [7, 11) is 0. The van der Waals surface area contributed by atoms with Crippen molar-refractivity contribution in [2.75, 3.05) is 0 Å². The highest BCUT2D eigenvalue weighted by atomic mass is 27.4. The fourth-order valence-electron chi connectivity index (χ4n) is 3.03. The van der Waals surface area contributed by atoms with E-state index in [1.165, 1.54) is 0 Å². The summed E-state index contributed by atoms with van der Waals surface area (Å²) in [5.41, 5.74) is 0. The lowest BCUT2D eigenvalue weighted by Gasteiger charge is -2.29. The molecule has 170 valence electrons. The Kier molecular flexibility index (Phi) is 15.2. The van der Waals surface area contributed by atoms with Crippen molar-refractivity contribution in [2.24, 2.45) is 11.8 Å². The lowest BCUT2D eigenvalue weighted by Crippen LogP contribution is -2.55. The molecule has 1 aliphatic rings. The van der Waals surface area contributed by atoms with Gasteiger partial charge in [-0.05, 0) is 39.5 Å². The van der Waals surface area contributed by atoms with Gasteiger partial charge in [-0.25, -0.2) is 0 Å². The minimum atomic E-state index is -2.84. The summed E-state index contributed by atoms with van der Waals surface area (Å²) >= 11 is -8.27. The normalized spacial score (nSPS) is 16.6. The van der Waals surface area contributed by atoms with Crippen LogP contribution in [0.1, 0.15) is 92.9 Å². The number of carbonyl (C=O) groups is 2. The van der Waals surface area contributed by atoms with E-state index in [2.05, 4.69) is 13.8 Å². The Morgan fingerprint density at radius 2 is 1.13 bits per heavy atom. The average Bonchev–Trinajstić information content (AvgIpc) is 2.68. The minimum absolute atomic E-state index is 0.114. The van der Waals surface area contributed by atoms with Crippen molar-refractivity contribution < 1.29 is 29.5 Å². The largest absolute Gasteiger partial charge is 0.948 e. The van der Waals surface area contributed by atoms with Crippen LogP contribution in [0.3, 0.4) is 0 Å². The van der Waals surface area contributed by atoms with Crippen molar-refractivity contribution in [3.63, 3.8) is 0 Å². The van der Waals surface area contributed by atoms with E-state index in [1.54, 1.807) is 0 Å². The van der Waals surface area contributed by atoms with Crippen LogP contribution in [0.4, 0.5) is 0 Å². The van der Waals surface area contributed by atoms with Gasteiger partial charge in [-0.15, -0.1) is 0 Å². The molecule has 0 N–H and O–H groups in total. The smallest absolute Gasteiger partial charge is 0.574 e. The molecule has 0 aliphatic carbocycles. The predicted molar refractivity (Wildman–Crippen MR) is 116 cm³/mol. The third-order valence-electron chi connectivity index (χ3n) is 4.94. The van der Waals surface area contributed by atoms with Crippen LogP contribution in [0.5, 0.6) is 0 Å². The topological polar surface area (TPSA) is 89.5 Å². The summed E-state index contributed by atoms with van der Waals surface area (Å²) in [4.78, 5) is 25.1. The molecule has 0 aromatic rings. The zero-order valence-electron chi connectivity index (χ0n) is 19.4. The minimum Gasteiger partial charge on any atom is -0.574 e. The Bertz CT molecular complexity index is 470. The highest BCUT2D eigenvalue weighted by molar-refractivity contribution is 6.68. The summed E-state index contributed by atoms with van der Waals surface area (Å²) in [5.74, 6) is -0.981. The average molecular weight is 474 g/mol. The summed E-state index contributed by atoms with van der Waals surface area (Å²) in [6, 6.07) is 0. The van der Waals surface area contributed by atoms with Gasteiger partial charge in [0.1, 0.15) is 0 Å². The lowest BCUT2D eigenvalue weighted by molar-refractivity contribution is -0.143. The van der Waals surface area contributed by atoms with Crippen molar-refractivity contribution in [1.29, 1.82) is 0 Å². The first-order valence-corrected chi connectivity index (χ1v) is 15.6. The van der Waals surface area contributed by atoms with Crippen LogP contribution < -0.4 is 0 Å². The molecule has 0 radical (unpaired) electrons. The molecule has 0 amide bonds. The monoisotopic (exact) mass is 474 g/mol. The molecule has 0 aromatic heterocycles. The third kappa shape index (κ3) is 10.8. The van der Waals surface area contributed by atoms with Crippen molar-refractivity contribution in [2.45, 2.75) is 99.0 Å². The molecular formula is C19H37Al3O8. The van der Waals surface area contributed by atoms with Gasteiger partial charge in [-0.3, -0.25) is 9.59 Å². The van der Waals surface area contributed by atoms with Gasteiger partial charge in [0.25, 0.3) is 11.9 Å². The highest BCUT2D eigenvalue weighted by Crippen LogP contribution is 2.20. The SMILES string of the molecule is CCCCC(CC)C(=O)[O][Al]1[O][Al]([O]C(=O)C(CC)CCCC)[O][Al]([O]C(C)C)[O]1. The third-order valence-corrected chi connectivity index (χ3v) is 11.9. The number of hydrogen-bond donors (Lipinski definition) is 0. The van der Waals surface area contributed by atoms with Crippen LogP contribution in [0.25, 0.3) is 0 Å². The summed E-state index contributed by atoms with van der Waals surface area (Å²) in [5, 5.41) is 0. The molecule has 8 nitrogen and oxygen atoms in total. The van der Waals surface area contributed by atoms with E-state index in [9.17, 15) is 9.59 Å². The first kappa shape index (κ1) is 28.4. The van der Waals surface area contributed by atoms with Crippen LogP contribution in [0, 0.1) is 11.8 Å². The van der Waals surface area contributed by atoms with Crippen molar-refractivity contribution in [3.8, 4) is 0 Å². The van der Waals surface area contributed by atoms with Gasteiger partial charge in [0.05, 0.1) is 11.8 Å². The van der Waals surface area contributed by atoms with Crippen molar-refractivity contribution in [3.05, 3.63) is 0 Å². The van der Waals surface area contributed by atoms with E-state index >= 15 is 0 Å². The Hall–Kier alpha value is 0.377. The van der Waals surface area contributed by atoms with Crippen LogP contribution in [0.15, 0.2) is 0 Å². The second kappa shape index (κ2) is 16.1. The van der Waals surface area contributed by atoms with E-state index in [4.69, 9.17) is 19.9 Å². The van der Waals surface area contributed by atoms with Gasteiger partial charge in [0.15, 0.2) is 0 Å². The van der Waals surface area contributed by atoms with Gasteiger partial charge in [-0.2, -0.15) is 0 Å². The molecule has 0 bridgehead atoms. The maximum atomic E-state index is 12.6. The van der Waals surface area contributed by atoms with Gasteiger partial charge in [0.2, 0.25) is 0 Å². The van der Waals surface area contributed by atoms with Crippen LogP contribution in [-0.2, 0) is 29.5 Å². The maximum absolute atomic E-state index is 12.6. The molecule has 11 heteroatoms. The molecule has 2 atom stereocenters. The number of hydrogen-bond acceptors (Lipinski definition) is 8. The Labute approximate surface area is 197 Å². The lowest BCUT2D eigenvalue weighted by atomic mass is 10.00. The fraction of sp³-hybridized carbons (Fsp3) is 0.895. The standard InChI is InChI=1S/2C8H16O2.C3H7O.3Al.3O/c2*1-3-5-6-7(4-2)8(9)10;1-3(2)4;;;;;;/h2*7H,3-6H2,1-2H3,(H,9,10);3H,1-2H3;;;;;;/q;;-1;3*+1;;;/p-2. The van der Waals surface area contributed by atoms with E-state index in [0.29, 0.717) is 12.8 Å². The maximum Gasteiger partial charge on any atom is 0.948 e. The summed E-state index contributed by atoms with van der Waals surface area (Å²) < 4.78 is 34.1. The molecule has 2 unspecified atom stereocenters. The first-order valence-electron chi connectivity index (χ1n) is 11.4. The second-order valence-corrected chi connectivity index (χ2v) is 13.6. The number of unbranched alkanes of at least 4 members (excludes halogenated alkanes) is 2. The zero-order chi connectivity index (χ0) is 22.5. The van der Waals surface area contributed by atoms with E-state index in [0.717, 1.165) is 38.5 Å². The molecule has 0 saturated carbocycles. The fourth-order valence-corrected chi connectivity index (χ4v) is 10.3. The van der Waals surface area contributed by atoms with Gasteiger partial charge < -0.3 is 19.9 Å².